The number of hydrogen-bond acceptors (Lipinski definition) is 5. The highest BCUT2D eigenvalue weighted by atomic mass is 35.5. The molecule has 6 nitrogen and oxygen atoms in total. The summed E-state index contributed by atoms with van der Waals surface area (Å²) in [5.74, 6) is -0.548. The van der Waals surface area contributed by atoms with E-state index in [1.807, 2.05) is 36.4 Å². The first-order chi connectivity index (χ1) is 15.3. The van der Waals surface area contributed by atoms with E-state index in [0.717, 1.165) is 47.6 Å². The number of sulfone groups is 1. The van der Waals surface area contributed by atoms with Crippen LogP contribution in [0.5, 0.6) is 5.75 Å². The first-order valence-electron chi connectivity index (χ1n) is 10.4. The molecule has 0 radical (unpaired) electrons. The lowest BCUT2D eigenvalue weighted by Gasteiger charge is -2.13. The number of nitrogens with one attached hydrogen (secondary N) is 1. The number of amides is 1. The van der Waals surface area contributed by atoms with Gasteiger partial charge in [-0.1, -0.05) is 60.8 Å². The Hall–Kier alpha value is -2.90. The van der Waals surface area contributed by atoms with Gasteiger partial charge in [-0.05, 0) is 47.4 Å². The Bertz CT molecular complexity index is 1300. The minimum absolute atomic E-state index is 0.0218. The summed E-state index contributed by atoms with van der Waals surface area (Å²) in [5.41, 5.74) is 4.24. The van der Waals surface area contributed by atoms with Crippen LogP contribution in [0.4, 0.5) is 0 Å². The van der Waals surface area contributed by atoms with Gasteiger partial charge in [-0.15, -0.1) is 0 Å². The quantitative estimate of drug-likeness (QED) is 0.398. The molecule has 0 aromatic heterocycles. The average Bonchev–Trinajstić information content (AvgIpc) is 3.33. The maximum absolute atomic E-state index is 12.9. The van der Waals surface area contributed by atoms with Crippen LogP contribution in [0, 0.1) is 0 Å². The third-order valence-corrected chi connectivity index (χ3v) is 8.30. The van der Waals surface area contributed by atoms with E-state index in [-0.39, 0.29) is 27.3 Å². The van der Waals surface area contributed by atoms with Crippen molar-refractivity contribution in [1.82, 2.24) is 5.43 Å². The molecule has 1 saturated carbocycles. The number of nitrogens with zero attached hydrogens (tertiary/aromatic N) is 1. The van der Waals surface area contributed by atoms with Crippen LogP contribution in [-0.2, 0) is 15.6 Å². The van der Waals surface area contributed by atoms with Gasteiger partial charge in [0.2, 0.25) is 0 Å². The zero-order valence-electron chi connectivity index (χ0n) is 17.3. The topological polar surface area (TPSA) is 95.8 Å². The van der Waals surface area contributed by atoms with Crippen molar-refractivity contribution in [3.63, 3.8) is 0 Å². The van der Waals surface area contributed by atoms with Crippen molar-refractivity contribution in [3.8, 4) is 5.75 Å². The predicted octanol–water partition coefficient (Wildman–Crippen LogP) is 4.82. The van der Waals surface area contributed by atoms with E-state index < -0.39 is 15.7 Å². The van der Waals surface area contributed by atoms with E-state index in [0.29, 0.717) is 0 Å². The van der Waals surface area contributed by atoms with E-state index in [1.165, 1.54) is 24.4 Å². The summed E-state index contributed by atoms with van der Waals surface area (Å²) in [7, 11) is -3.20. The van der Waals surface area contributed by atoms with Crippen molar-refractivity contribution < 1.29 is 18.3 Å². The first kappa shape index (κ1) is 22.3. The van der Waals surface area contributed by atoms with Crippen LogP contribution >= 0.6 is 11.6 Å². The van der Waals surface area contributed by atoms with Gasteiger partial charge in [-0.3, -0.25) is 4.79 Å². The lowest BCUT2D eigenvalue weighted by atomic mass is 10.0. The van der Waals surface area contributed by atoms with Crippen LogP contribution in [0.1, 0.15) is 47.2 Å². The molecule has 32 heavy (non-hydrogen) atoms. The zero-order chi connectivity index (χ0) is 22.7. The van der Waals surface area contributed by atoms with Crippen molar-refractivity contribution in [2.75, 3.05) is 0 Å². The highest BCUT2D eigenvalue weighted by Gasteiger charge is 2.29. The molecule has 0 atom stereocenters. The van der Waals surface area contributed by atoms with Crippen LogP contribution in [-0.4, -0.2) is 30.9 Å². The van der Waals surface area contributed by atoms with Gasteiger partial charge in [0.15, 0.2) is 9.84 Å². The van der Waals surface area contributed by atoms with Crippen LogP contribution in [0.15, 0.2) is 59.7 Å². The van der Waals surface area contributed by atoms with E-state index in [4.69, 9.17) is 11.6 Å². The van der Waals surface area contributed by atoms with Crippen LogP contribution in [0.3, 0.4) is 0 Å². The molecule has 3 aromatic carbocycles. The Labute approximate surface area is 191 Å². The van der Waals surface area contributed by atoms with Crippen molar-refractivity contribution in [1.29, 1.82) is 0 Å². The molecule has 0 unspecified atom stereocenters. The van der Waals surface area contributed by atoms with E-state index >= 15 is 0 Å². The number of phenolic OH excluding ortho intramolecular Hbond substituents is 1. The molecular weight excluding hydrogens is 448 g/mol. The number of carbonyl (C=O) groups excluding carboxylic acids is 1. The molecule has 0 saturated heterocycles. The Morgan fingerprint density at radius 3 is 2.53 bits per heavy atom. The van der Waals surface area contributed by atoms with Gasteiger partial charge in [0, 0.05) is 11.1 Å². The Morgan fingerprint density at radius 1 is 1.09 bits per heavy atom. The Kier molecular flexibility index (Phi) is 6.48. The second-order valence-corrected chi connectivity index (χ2v) is 10.6. The summed E-state index contributed by atoms with van der Waals surface area (Å²) in [5, 5.41) is 15.1. The van der Waals surface area contributed by atoms with Gasteiger partial charge in [0.1, 0.15) is 5.75 Å². The third kappa shape index (κ3) is 4.79. The summed E-state index contributed by atoms with van der Waals surface area (Å²) >= 11 is 5.84. The molecule has 4 rings (SSSR count). The summed E-state index contributed by atoms with van der Waals surface area (Å²) in [4.78, 5) is 12.3. The highest BCUT2D eigenvalue weighted by molar-refractivity contribution is 7.91. The number of benzene rings is 3. The van der Waals surface area contributed by atoms with Crippen molar-refractivity contribution in [2.45, 2.75) is 36.7 Å². The lowest BCUT2D eigenvalue weighted by Crippen LogP contribution is -2.19. The van der Waals surface area contributed by atoms with Gasteiger partial charge in [-0.25, -0.2) is 13.8 Å². The third-order valence-electron chi connectivity index (χ3n) is 5.79. The molecule has 8 heteroatoms. The molecular formula is C24H23ClN2O4S. The summed E-state index contributed by atoms with van der Waals surface area (Å²) in [6.07, 6.45) is 4.97. The number of hydrogen-bond donors (Lipinski definition) is 2. The Morgan fingerprint density at radius 2 is 1.81 bits per heavy atom. The SMILES string of the molecule is O=C(NN=Cc1ccc(CS(=O)(=O)C2CCCC2)c2ccccc12)c1ccc(O)c(Cl)c1. The van der Waals surface area contributed by atoms with Crippen molar-refractivity contribution in [2.24, 2.45) is 5.10 Å². The number of phenols is 1. The predicted molar refractivity (Wildman–Crippen MR) is 127 cm³/mol. The average molecular weight is 471 g/mol. The number of hydrazone groups is 1. The number of fused-ring (bicyclic) bond motifs is 1. The van der Waals surface area contributed by atoms with Crippen LogP contribution in [0.25, 0.3) is 10.8 Å². The molecule has 2 N–H and O–H groups in total. The smallest absolute Gasteiger partial charge is 0.271 e. The molecule has 3 aromatic rings. The minimum Gasteiger partial charge on any atom is -0.506 e. The fraction of sp³-hybridized carbons (Fsp3) is 0.250. The molecule has 1 aliphatic carbocycles. The fourth-order valence-corrected chi connectivity index (χ4v) is 6.23. The second-order valence-electron chi connectivity index (χ2n) is 7.94. The highest BCUT2D eigenvalue weighted by Crippen LogP contribution is 2.30. The molecule has 0 spiro atoms. The van der Waals surface area contributed by atoms with Gasteiger partial charge >= 0.3 is 0 Å². The van der Waals surface area contributed by atoms with E-state index in [2.05, 4.69) is 10.5 Å². The Balaban J connectivity index is 1.55. The van der Waals surface area contributed by atoms with E-state index in [1.54, 1.807) is 0 Å². The standard InChI is InChI=1S/C24H23ClN2O4S/c25-22-13-16(11-12-23(22)28)24(29)27-26-14-17-9-10-18(21-8-4-3-7-20(17)21)15-32(30,31)19-5-1-2-6-19/h3-4,7-14,19,28H,1-2,5-6,15H2,(H,27,29). The number of halogens is 1. The number of rotatable bonds is 6. The summed E-state index contributed by atoms with van der Waals surface area (Å²) in [6, 6.07) is 15.3. The summed E-state index contributed by atoms with van der Waals surface area (Å²) in [6.45, 7) is 0. The maximum Gasteiger partial charge on any atom is 0.271 e. The normalized spacial score (nSPS) is 14.9. The lowest BCUT2D eigenvalue weighted by molar-refractivity contribution is 0.0955. The van der Waals surface area contributed by atoms with Gasteiger partial charge in [0.25, 0.3) is 5.91 Å². The summed E-state index contributed by atoms with van der Waals surface area (Å²) < 4.78 is 25.7. The molecule has 0 bridgehead atoms. The van der Waals surface area contributed by atoms with Crippen molar-refractivity contribution >= 4 is 44.3 Å². The monoisotopic (exact) mass is 470 g/mol. The molecule has 0 heterocycles. The van der Waals surface area contributed by atoms with Crippen LogP contribution < -0.4 is 5.43 Å². The van der Waals surface area contributed by atoms with Gasteiger partial charge < -0.3 is 5.11 Å². The maximum atomic E-state index is 12.9. The number of aromatic hydroxyl groups is 1. The zero-order valence-corrected chi connectivity index (χ0v) is 18.9. The first-order valence-corrected chi connectivity index (χ1v) is 12.5. The molecule has 166 valence electrons. The number of carbonyl (C=O) groups is 1. The molecule has 1 aliphatic rings. The van der Waals surface area contributed by atoms with Crippen molar-refractivity contribution in [3.05, 3.63) is 76.3 Å². The van der Waals surface area contributed by atoms with Gasteiger partial charge in [0.05, 0.1) is 22.2 Å². The molecule has 0 aliphatic heterocycles. The molecule has 1 amide bonds. The van der Waals surface area contributed by atoms with E-state index in [9.17, 15) is 18.3 Å². The fourth-order valence-electron chi connectivity index (χ4n) is 4.08. The van der Waals surface area contributed by atoms with Crippen LogP contribution in [0.2, 0.25) is 5.02 Å². The van der Waals surface area contributed by atoms with Gasteiger partial charge in [-0.2, -0.15) is 5.10 Å². The minimum atomic E-state index is -3.20. The molecule has 1 fully saturated rings. The largest absolute Gasteiger partial charge is 0.506 e. The second kappa shape index (κ2) is 9.30.